The number of amides is 1. The molecule has 1 amide bonds. The molecule has 8 nitrogen and oxygen atoms in total. The monoisotopic (exact) mass is 353 g/mol. The Hall–Kier alpha value is -3.33. The zero-order valence-corrected chi connectivity index (χ0v) is 13.8. The molecule has 3 aromatic rings. The average molecular weight is 353 g/mol. The van der Waals surface area contributed by atoms with Gasteiger partial charge in [-0.2, -0.15) is 0 Å². The summed E-state index contributed by atoms with van der Waals surface area (Å²) < 4.78 is 2.93. The minimum absolute atomic E-state index is 0.0659. The predicted molar refractivity (Wildman–Crippen MR) is 94.6 cm³/mol. The number of rotatable bonds is 2. The number of fused-ring (bicyclic) bond motifs is 2. The van der Waals surface area contributed by atoms with Crippen LogP contribution in [0.5, 0.6) is 0 Å². The van der Waals surface area contributed by atoms with Gasteiger partial charge in [-0.05, 0) is 18.2 Å². The fourth-order valence-corrected chi connectivity index (χ4v) is 3.59. The first kappa shape index (κ1) is 15.2. The number of benzene rings is 2. The first-order valence-corrected chi connectivity index (χ1v) is 8.12. The molecule has 0 bridgehead atoms. The Morgan fingerprint density at radius 3 is 2.76 bits per heavy atom. The zero-order chi connectivity index (χ0) is 17.6. The van der Waals surface area contributed by atoms with Gasteiger partial charge in [-0.3, -0.25) is 14.9 Å². The van der Waals surface area contributed by atoms with Gasteiger partial charge in [-0.15, -0.1) is 10.2 Å². The van der Waals surface area contributed by atoms with Crippen LogP contribution in [-0.2, 0) is 11.8 Å². The van der Waals surface area contributed by atoms with Crippen LogP contribution in [0.1, 0.15) is 5.56 Å². The quantitative estimate of drug-likeness (QED) is 0.565. The molecule has 1 N–H and O–H groups in total. The zero-order valence-electron chi connectivity index (χ0n) is 13.0. The SMILES string of the molecule is Cn1c(=N/N=C2\C(=O)Nc3ccc([N+](=O)[O-])cc32)sc2ccccc21. The summed E-state index contributed by atoms with van der Waals surface area (Å²) in [6, 6.07) is 12.0. The molecule has 2 aromatic carbocycles. The highest BCUT2D eigenvalue weighted by atomic mass is 32.1. The molecule has 9 heteroatoms. The summed E-state index contributed by atoms with van der Waals surface area (Å²) in [4.78, 5) is 23.2. The number of nitrogens with zero attached hydrogens (tertiary/aromatic N) is 4. The van der Waals surface area contributed by atoms with Crippen LogP contribution in [0.2, 0.25) is 0 Å². The number of non-ortho nitro benzene ring substituents is 1. The third-order valence-electron chi connectivity index (χ3n) is 3.88. The number of carbonyl (C=O) groups is 1. The highest BCUT2D eigenvalue weighted by Crippen LogP contribution is 2.27. The summed E-state index contributed by atoms with van der Waals surface area (Å²) in [5, 5.41) is 21.8. The number of aromatic nitrogens is 1. The second-order valence-electron chi connectivity index (χ2n) is 5.40. The lowest BCUT2D eigenvalue weighted by molar-refractivity contribution is -0.384. The van der Waals surface area contributed by atoms with E-state index in [0.717, 1.165) is 10.2 Å². The molecular weight excluding hydrogens is 342 g/mol. The van der Waals surface area contributed by atoms with E-state index in [0.29, 0.717) is 16.1 Å². The number of thiazole rings is 1. The topological polar surface area (TPSA) is 102 Å². The average Bonchev–Trinajstić information content (AvgIpc) is 3.09. The number of nitrogens with one attached hydrogen (secondary N) is 1. The highest BCUT2D eigenvalue weighted by molar-refractivity contribution is 7.16. The van der Waals surface area contributed by atoms with Gasteiger partial charge in [-0.1, -0.05) is 23.5 Å². The van der Waals surface area contributed by atoms with Crippen molar-refractivity contribution >= 4 is 44.5 Å². The first-order chi connectivity index (χ1) is 12.0. The lowest BCUT2D eigenvalue weighted by Gasteiger charge is -1.96. The Morgan fingerprint density at radius 1 is 1.20 bits per heavy atom. The molecule has 0 saturated heterocycles. The Bertz CT molecular complexity index is 1140. The molecule has 0 aliphatic carbocycles. The van der Waals surface area contributed by atoms with Crippen LogP contribution in [0.25, 0.3) is 10.2 Å². The summed E-state index contributed by atoms with van der Waals surface area (Å²) in [5.41, 5.74) is 1.85. The Labute approximate surface area is 144 Å². The summed E-state index contributed by atoms with van der Waals surface area (Å²) in [7, 11) is 1.87. The van der Waals surface area contributed by atoms with Gasteiger partial charge in [0.05, 0.1) is 20.8 Å². The van der Waals surface area contributed by atoms with Crippen LogP contribution < -0.4 is 10.1 Å². The van der Waals surface area contributed by atoms with Crippen molar-refractivity contribution in [2.24, 2.45) is 17.3 Å². The molecule has 1 aromatic heterocycles. The van der Waals surface area contributed by atoms with E-state index in [4.69, 9.17) is 0 Å². The van der Waals surface area contributed by atoms with Crippen molar-refractivity contribution in [1.82, 2.24) is 4.57 Å². The molecule has 2 heterocycles. The van der Waals surface area contributed by atoms with Gasteiger partial charge in [0.25, 0.3) is 11.6 Å². The first-order valence-electron chi connectivity index (χ1n) is 7.31. The van der Waals surface area contributed by atoms with Crippen LogP contribution in [0, 0.1) is 10.1 Å². The summed E-state index contributed by atoms with van der Waals surface area (Å²) in [6.45, 7) is 0. The van der Waals surface area contributed by atoms with Crippen LogP contribution >= 0.6 is 11.3 Å². The van der Waals surface area contributed by atoms with E-state index in [-0.39, 0.29) is 11.4 Å². The molecule has 25 heavy (non-hydrogen) atoms. The van der Waals surface area contributed by atoms with Crippen molar-refractivity contribution in [2.75, 3.05) is 5.32 Å². The van der Waals surface area contributed by atoms with E-state index >= 15 is 0 Å². The molecule has 1 aliphatic heterocycles. The molecule has 0 unspecified atom stereocenters. The maximum absolute atomic E-state index is 12.1. The third kappa shape index (κ3) is 2.50. The van der Waals surface area contributed by atoms with Gasteiger partial charge in [0.15, 0.2) is 5.71 Å². The largest absolute Gasteiger partial charge is 0.320 e. The predicted octanol–water partition coefficient (Wildman–Crippen LogP) is 2.41. The van der Waals surface area contributed by atoms with Gasteiger partial charge in [-0.25, -0.2) is 0 Å². The maximum Gasteiger partial charge on any atom is 0.276 e. The number of carbonyl (C=O) groups excluding carboxylic acids is 1. The van der Waals surface area contributed by atoms with E-state index in [9.17, 15) is 14.9 Å². The second kappa shape index (κ2) is 5.64. The fourth-order valence-electron chi connectivity index (χ4n) is 2.62. The van der Waals surface area contributed by atoms with E-state index in [1.807, 2.05) is 35.9 Å². The standard InChI is InChI=1S/C16H11N5O3S/c1-20-12-4-2-3-5-13(12)25-16(20)19-18-14-10-8-9(21(23)24)6-7-11(10)17-15(14)22/h2-8H,1H3,(H,17,18,22). The Balaban J connectivity index is 1.85. The number of hydrogen-bond donors (Lipinski definition) is 1. The molecule has 124 valence electrons. The summed E-state index contributed by atoms with van der Waals surface area (Å²) in [5.74, 6) is -0.428. The summed E-state index contributed by atoms with van der Waals surface area (Å²) >= 11 is 1.45. The number of anilines is 1. The molecule has 1 aliphatic rings. The van der Waals surface area contributed by atoms with E-state index in [1.165, 1.54) is 29.5 Å². The molecular formula is C16H11N5O3S. The van der Waals surface area contributed by atoms with Crippen LogP contribution in [-0.4, -0.2) is 21.1 Å². The van der Waals surface area contributed by atoms with Gasteiger partial charge >= 0.3 is 0 Å². The van der Waals surface area contributed by atoms with Gasteiger partial charge in [0, 0.05) is 24.7 Å². The Morgan fingerprint density at radius 2 is 2.00 bits per heavy atom. The highest BCUT2D eigenvalue weighted by Gasteiger charge is 2.28. The fraction of sp³-hybridized carbons (Fsp3) is 0.0625. The minimum atomic E-state index is -0.510. The van der Waals surface area contributed by atoms with Crippen molar-refractivity contribution in [3.05, 3.63) is 62.9 Å². The molecule has 0 fully saturated rings. The molecule has 4 rings (SSSR count). The van der Waals surface area contributed by atoms with Crippen LogP contribution in [0.3, 0.4) is 0 Å². The van der Waals surface area contributed by atoms with Gasteiger partial charge < -0.3 is 9.88 Å². The minimum Gasteiger partial charge on any atom is -0.320 e. The number of hydrogen-bond acceptors (Lipinski definition) is 6. The number of nitro benzene ring substituents is 1. The number of para-hydroxylation sites is 1. The van der Waals surface area contributed by atoms with Crippen molar-refractivity contribution in [2.45, 2.75) is 0 Å². The van der Waals surface area contributed by atoms with Crippen LogP contribution in [0.4, 0.5) is 11.4 Å². The van der Waals surface area contributed by atoms with Crippen molar-refractivity contribution in [1.29, 1.82) is 0 Å². The van der Waals surface area contributed by atoms with E-state index in [2.05, 4.69) is 15.5 Å². The third-order valence-corrected chi connectivity index (χ3v) is 4.99. The number of aryl methyl sites for hydroxylation is 1. The summed E-state index contributed by atoms with van der Waals surface area (Å²) in [6.07, 6.45) is 0. The lowest BCUT2D eigenvalue weighted by Crippen LogP contribution is -2.15. The van der Waals surface area contributed by atoms with Gasteiger partial charge in [0.2, 0.25) is 4.80 Å². The van der Waals surface area contributed by atoms with Crippen molar-refractivity contribution < 1.29 is 9.72 Å². The van der Waals surface area contributed by atoms with E-state index in [1.54, 1.807) is 0 Å². The smallest absolute Gasteiger partial charge is 0.276 e. The molecule has 0 saturated carbocycles. The lowest BCUT2D eigenvalue weighted by atomic mass is 10.1. The van der Waals surface area contributed by atoms with Crippen LogP contribution in [0.15, 0.2) is 52.7 Å². The van der Waals surface area contributed by atoms with Gasteiger partial charge in [0.1, 0.15) is 0 Å². The number of nitro groups is 1. The maximum atomic E-state index is 12.1. The Kier molecular flexibility index (Phi) is 3.43. The van der Waals surface area contributed by atoms with E-state index < -0.39 is 10.8 Å². The molecule has 0 radical (unpaired) electrons. The normalized spacial score (nSPS) is 15.6. The molecule has 0 spiro atoms. The second-order valence-corrected chi connectivity index (χ2v) is 6.41. The van der Waals surface area contributed by atoms with Crippen molar-refractivity contribution in [3.63, 3.8) is 0 Å². The van der Waals surface area contributed by atoms with Crippen molar-refractivity contribution in [3.8, 4) is 0 Å². The molecule has 0 atom stereocenters.